The number of nitrogens with one attached hydrogen (secondary N) is 1. The molecule has 2 aromatic carbocycles. The molecule has 0 saturated carbocycles. The molecular weight excluding hydrogens is 378 g/mol. The van der Waals surface area contributed by atoms with Gasteiger partial charge in [-0.15, -0.1) is 0 Å². The number of aliphatic imine (C=N–C) groups is 1. The molecule has 1 heterocycles. The first-order valence-electron chi connectivity index (χ1n) is 10.0. The third kappa shape index (κ3) is 5.82. The summed E-state index contributed by atoms with van der Waals surface area (Å²) in [4.78, 5) is 21.9. The average Bonchev–Trinajstić information content (AvgIpc) is 2.79. The van der Waals surface area contributed by atoms with Crippen LogP contribution in [-0.2, 0) is 0 Å². The first kappa shape index (κ1) is 21.3. The van der Waals surface area contributed by atoms with E-state index >= 15 is 0 Å². The molecule has 3 rings (SSSR count). The molecule has 1 fully saturated rings. The third-order valence-corrected chi connectivity index (χ3v) is 5.06. The molecule has 0 radical (unpaired) electrons. The second kappa shape index (κ2) is 10.4. The summed E-state index contributed by atoms with van der Waals surface area (Å²) >= 11 is 0. The lowest BCUT2D eigenvalue weighted by atomic mass is 10.2. The molecule has 2 aromatic rings. The maximum atomic E-state index is 12.8. The maximum Gasteiger partial charge on any atom is 0.257 e. The molecule has 7 heteroatoms. The van der Waals surface area contributed by atoms with E-state index in [-0.39, 0.29) is 5.91 Å². The molecule has 0 bridgehead atoms. The van der Waals surface area contributed by atoms with E-state index in [0.29, 0.717) is 23.7 Å². The first-order chi connectivity index (χ1) is 14.6. The lowest BCUT2D eigenvalue weighted by molar-refractivity contribution is 0.0968. The topological polar surface area (TPSA) is 81.0 Å². The van der Waals surface area contributed by atoms with E-state index in [4.69, 9.17) is 15.0 Å². The number of guanidine groups is 1. The van der Waals surface area contributed by atoms with Gasteiger partial charge in [-0.25, -0.2) is 4.99 Å². The summed E-state index contributed by atoms with van der Waals surface area (Å²) in [5.74, 6) is 1.03. The Hall–Kier alpha value is -3.37. The Balaban J connectivity index is 1.76. The zero-order valence-corrected chi connectivity index (χ0v) is 17.5. The van der Waals surface area contributed by atoms with Crippen LogP contribution in [0.25, 0.3) is 0 Å². The van der Waals surface area contributed by atoms with Crippen LogP contribution in [0.1, 0.15) is 22.3 Å². The van der Waals surface area contributed by atoms with Gasteiger partial charge in [0.05, 0.1) is 18.9 Å². The second-order valence-corrected chi connectivity index (χ2v) is 7.19. The highest BCUT2D eigenvalue weighted by atomic mass is 16.5. The molecule has 0 unspecified atom stereocenters. The molecule has 1 aliphatic heterocycles. The van der Waals surface area contributed by atoms with Crippen molar-refractivity contribution in [1.29, 1.82) is 5.26 Å². The predicted molar refractivity (Wildman–Crippen MR) is 117 cm³/mol. The van der Waals surface area contributed by atoms with Crippen molar-refractivity contribution in [2.45, 2.75) is 13.3 Å². The Labute approximate surface area is 177 Å². The van der Waals surface area contributed by atoms with Crippen LogP contribution in [0, 0.1) is 18.3 Å². The lowest BCUT2D eigenvalue weighted by Crippen LogP contribution is -2.53. The van der Waals surface area contributed by atoms with Gasteiger partial charge in [0, 0.05) is 44.7 Å². The van der Waals surface area contributed by atoms with Gasteiger partial charge in [0.1, 0.15) is 5.75 Å². The van der Waals surface area contributed by atoms with Crippen LogP contribution >= 0.6 is 0 Å². The van der Waals surface area contributed by atoms with Crippen LogP contribution < -0.4 is 10.1 Å². The van der Waals surface area contributed by atoms with Crippen molar-refractivity contribution >= 4 is 17.6 Å². The monoisotopic (exact) mass is 405 g/mol. The summed E-state index contributed by atoms with van der Waals surface area (Å²) in [6.07, 6.45) is 0.526. The third-order valence-electron chi connectivity index (χ3n) is 5.06. The van der Waals surface area contributed by atoms with Crippen LogP contribution in [0.4, 0.5) is 5.69 Å². The van der Waals surface area contributed by atoms with Gasteiger partial charge in [-0.05, 0) is 43.3 Å². The minimum atomic E-state index is -0.213. The SMILES string of the molecule is COc1ccc(C(=O)NC(=Nc2ccc(C)cc2)N2CCN(CCC#N)CC2)cc1. The molecule has 156 valence electrons. The van der Waals surface area contributed by atoms with E-state index in [1.54, 1.807) is 31.4 Å². The van der Waals surface area contributed by atoms with Crippen LogP contribution in [0.3, 0.4) is 0 Å². The van der Waals surface area contributed by atoms with Gasteiger partial charge in [0.2, 0.25) is 5.96 Å². The number of nitriles is 1. The Morgan fingerprint density at radius 3 is 2.37 bits per heavy atom. The Morgan fingerprint density at radius 2 is 1.77 bits per heavy atom. The van der Waals surface area contributed by atoms with E-state index < -0.39 is 0 Å². The number of hydrogen-bond donors (Lipinski definition) is 1. The lowest BCUT2D eigenvalue weighted by Gasteiger charge is -2.36. The van der Waals surface area contributed by atoms with E-state index in [1.807, 2.05) is 31.2 Å². The van der Waals surface area contributed by atoms with Crippen molar-refractivity contribution in [2.75, 3.05) is 39.8 Å². The van der Waals surface area contributed by atoms with Crippen molar-refractivity contribution in [3.63, 3.8) is 0 Å². The van der Waals surface area contributed by atoms with Gasteiger partial charge in [0.25, 0.3) is 5.91 Å². The summed E-state index contributed by atoms with van der Waals surface area (Å²) in [5.41, 5.74) is 2.49. The minimum Gasteiger partial charge on any atom is -0.497 e. The fourth-order valence-electron chi connectivity index (χ4n) is 3.23. The molecule has 7 nitrogen and oxygen atoms in total. The van der Waals surface area contributed by atoms with E-state index in [2.05, 4.69) is 21.2 Å². The van der Waals surface area contributed by atoms with Gasteiger partial charge < -0.3 is 9.64 Å². The number of hydrogen-bond acceptors (Lipinski definition) is 5. The zero-order valence-electron chi connectivity index (χ0n) is 17.5. The van der Waals surface area contributed by atoms with Crippen molar-refractivity contribution in [3.8, 4) is 11.8 Å². The molecule has 0 aromatic heterocycles. The number of rotatable bonds is 5. The standard InChI is InChI=1S/C23H27N5O2/c1-18-4-8-20(9-5-18)25-23(28-16-14-27(15-17-28)13-3-12-24)26-22(29)19-6-10-21(30-2)11-7-19/h4-11H,3,13-17H2,1-2H3,(H,25,26,29). The number of piperazine rings is 1. The highest BCUT2D eigenvalue weighted by molar-refractivity contribution is 6.06. The number of ether oxygens (including phenoxy) is 1. The summed E-state index contributed by atoms with van der Waals surface area (Å²) in [6.45, 7) is 5.92. The van der Waals surface area contributed by atoms with Gasteiger partial charge in [-0.1, -0.05) is 17.7 Å². The van der Waals surface area contributed by atoms with E-state index in [1.165, 1.54) is 0 Å². The number of methoxy groups -OCH3 is 1. The Bertz CT molecular complexity index is 908. The van der Waals surface area contributed by atoms with Crippen LogP contribution in [0.2, 0.25) is 0 Å². The van der Waals surface area contributed by atoms with Crippen LogP contribution in [0.5, 0.6) is 5.75 Å². The zero-order chi connectivity index (χ0) is 21.3. The fourth-order valence-corrected chi connectivity index (χ4v) is 3.23. The Morgan fingerprint density at radius 1 is 1.10 bits per heavy atom. The normalized spacial score (nSPS) is 14.8. The van der Waals surface area contributed by atoms with Crippen molar-refractivity contribution < 1.29 is 9.53 Å². The largest absolute Gasteiger partial charge is 0.497 e. The number of amides is 1. The number of aryl methyl sites for hydroxylation is 1. The number of carbonyl (C=O) groups is 1. The first-order valence-corrected chi connectivity index (χ1v) is 10.0. The summed E-state index contributed by atoms with van der Waals surface area (Å²) in [5, 5.41) is 11.8. The molecule has 0 atom stereocenters. The van der Waals surface area contributed by atoms with Gasteiger partial charge in [-0.2, -0.15) is 5.26 Å². The van der Waals surface area contributed by atoms with Crippen LogP contribution in [-0.4, -0.2) is 61.5 Å². The van der Waals surface area contributed by atoms with Gasteiger partial charge >= 0.3 is 0 Å². The molecule has 30 heavy (non-hydrogen) atoms. The molecule has 0 aliphatic carbocycles. The van der Waals surface area contributed by atoms with Gasteiger partial charge in [0.15, 0.2) is 0 Å². The number of benzene rings is 2. The molecule has 1 aliphatic rings. The smallest absolute Gasteiger partial charge is 0.257 e. The van der Waals surface area contributed by atoms with E-state index in [0.717, 1.165) is 44.0 Å². The summed E-state index contributed by atoms with van der Waals surface area (Å²) in [6, 6.07) is 17.1. The molecule has 1 saturated heterocycles. The van der Waals surface area contributed by atoms with Crippen LogP contribution in [0.15, 0.2) is 53.5 Å². The molecular formula is C23H27N5O2. The summed E-state index contributed by atoms with van der Waals surface area (Å²) < 4.78 is 5.16. The highest BCUT2D eigenvalue weighted by Gasteiger charge is 2.21. The quantitative estimate of drug-likeness (QED) is 0.611. The highest BCUT2D eigenvalue weighted by Crippen LogP contribution is 2.15. The molecule has 0 spiro atoms. The van der Waals surface area contributed by atoms with E-state index in [9.17, 15) is 4.79 Å². The Kier molecular flexibility index (Phi) is 7.41. The summed E-state index contributed by atoms with van der Waals surface area (Å²) in [7, 11) is 1.59. The molecule has 1 amide bonds. The number of nitrogens with zero attached hydrogens (tertiary/aromatic N) is 4. The molecule has 1 N–H and O–H groups in total. The fraction of sp³-hybridized carbons (Fsp3) is 0.348. The second-order valence-electron chi connectivity index (χ2n) is 7.19. The van der Waals surface area contributed by atoms with Crippen molar-refractivity contribution in [3.05, 3.63) is 59.7 Å². The predicted octanol–water partition coefficient (Wildman–Crippen LogP) is 2.95. The van der Waals surface area contributed by atoms with Crippen molar-refractivity contribution in [1.82, 2.24) is 15.1 Å². The number of carbonyl (C=O) groups excluding carboxylic acids is 1. The average molecular weight is 406 g/mol. The maximum absolute atomic E-state index is 12.8. The van der Waals surface area contributed by atoms with Gasteiger partial charge in [-0.3, -0.25) is 15.0 Å². The van der Waals surface area contributed by atoms with Crippen molar-refractivity contribution in [2.24, 2.45) is 4.99 Å². The minimum absolute atomic E-state index is 0.213.